The summed E-state index contributed by atoms with van der Waals surface area (Å²) >= 11 is 0. The molecular formula is C17H21NO4S. The highest BCUT2D eigenvalue weighted by Gasteiger charge is 2.19. The second kappa shape index (κ2) is 7.48. The second-order valence-corrected chi connectivity index (χ2v) is 6.79. The molecule has 0 heterocycles. The van der Waals surface area contributed by atoms with Gasteiger partial charge in [0.15, 0.2) is 0 Å². The number of hydrogen-bond acceptors (Lipinski definition) is 4. The van der Waals surface area contributed by atoms with Crippen LogP contribution in [-0.2, 0) is 16.6 Å². The topological polar surface area (TPSA) is 64.6 Å². The fourth-order valence-corrected chi connectivity index (χ4v) is 3.34. The quantitative estimate of drug-likeness (QED) is 0.845. The largest absolute Gasteiger partial charge is 0.497 e. The van der Waals surface area contributed by atoms with Crippen LogP contribution in [0, 0.1) is 6.92 Å². The number of benzene rings is 2. The average molecular weight is 335 g/mol. The van der Waals surface area contributed by atoms with Crippen molar-refractivity contribution < 1.29 is 17.9 Å². The van der Waals surface area contributed by atoms with Crippen molar-refractivity contribution in [3.8, 4) is 11.5 Å². The lowest BCUT2D eigenvalue weighted by atomic mass is 10.2. The van der Waals surface area contributed by atoms with Gasteiger partial charge in [0.2, 0.25) is 10.0 Å². The Morgan fingerprint density at radius 2 is 1.78 bits per heavy atom. The highest BCUT2D eigenvalue weighted by Crippen LogP contribution is 2.25. The van der Waals surface area contributed by atoms with Crippen LogP contribution in [0.2, 0.25) is 0 Å². The molecule has 0 radical (unpaired) electrons. The zero-order valence-corrected chi connectivity index (χ0v) is 14.3. The molecule has 2 aromatic carbocycles. The molecule has 2 rings (SSSR count). The minimum atomic E-state index is -3.66. The first-order valence-electron chi connectivity index (χ1n) is 7.32. The van der Waals surface area contributed by atoms with E-state index in [0.29, 0.717) is 12.4 Å². The van der Waals surface area contributed by atoms with Crippen LogP contribution in [-0.4, -0.2) is 22.1 Å². The third-order valence-electron chi connectivity index (χ3n) is 3.31. The molecule has 0 atom stereocenters. The van der Waals surface area contributed by atoms with E-state index < -0.39 is 10.0 Å². The van der Waals surface area contributed by atoms with Gasteiger partial charge >= 0.3 is 0 Å². The monoisotopic (exact) mass is 335 g/mol. The van der Waals surface area contributed by atoms with E-state index >= 15 is 0 Å². The Kier molecular flexibility index (Phi) is 5.63. The van der Waals surface area contributed by atoms with Crippen molar-refractivity contribution >= 4 is 10.0 Å². The van der Waals surface area contributed by atoms with Crippen molar-refractivity contribution in [1.82, 2.24) is 4.72 Å². The van der Waals surface area contributed by atoms with Crippen LogP contribution in [0.25, 0.3) is 0 Å². The van der Waals surface area contributed by atoms with Gasteiger partial charge in [0, 0.05) is 6.54 Å². The molecule has 0 saturated heterocycles. The molecule has 0 aliphatic carbocycles. The number of ether oxygens (including phenoxy) is 2. The predicted octanol–water partition coefficient (Wildman–Crippen LogP) is 2.88. The molecule has 5 nitrogen and oxygen atoms in total. The number of nitrogens with one attached hydrogen (secondary N) is 1. The van der Waals surface area contributed by atoms with E-state index in [1.165, 1.54) is 0 Å². The van der Waals surface area contributed by atoms with Crippen LogP contribution < -0.4 is 14.2 Å². The molecule has 1 N–H and O–H groups in total. The van der Waals surface area contributed by atoms with E-state index in [0.717, 1.165) is 16.9 Å². The number of rotatable bonds is 7. The summed E-state index contributed by atoms with van der Waals surface area (Å²) < 4.78 is 38.2. The van der Waals surface area contributed by atoms with E-state index in [2.05, 4.69) is 4.72 Å². The molecule has 0 bridgehead atoms. The third-order valence-corrected chi connectivity index (χ3v) is 4.74. The highest BCUT2D eigenvalue weighted by molar-refractivity contribution is 7.89. The summed E-state index contributed by atoms with van der Waals surface area (Å²) in [5.74, 6) is 1.09. The maximum absolute atomic E-state index is 12.6. The average Bonchev–Trinajstić information content (AvgIpc) is 2.55. The smallest absolute Gasteiger partial charge is 0.244 e. The fourth-order valence-electron chi connectivity index (χ4n) is 2.10. The molecule has 0 aromatic heterocycles. The molecule has 0 aliphatic rings. The lowest BCUT2D eigenvalue weighted by Gasteiger charge is -2.13. The maximum atomic E-state index is 12.6. The molecule has 23 heavy (non-hydrogen) atoms. The van der Waals surface area contributed by atoms with Gasteiger partial charge in [-0.2, -0.15) is 0 Å². The zero-order valence-electron chi connectivity index (χ0n) is 13.5. The summed E-state index contributed by atoms with van der Waals surface area (Å²) in [6, 6.07) is 12.3. The SMILES string of the molecule is CCOc1ccc(C)cc1S(=O)(=O)NCc1ccc(OC)cc1. The molecule has 2 aromatic rings. The first-order chi connectivity index (χ1) is 11.0. The molecule has 0 saturated carbocycles. The predicted molar refractivity (Wildman–Crippen MR) is 89.4 cm³/mol. The molecule has 0 amide bonds. The van der Waals surface area contributed by atoms with Crippen LogP contribution in [0.15, 0.2) is 47.4 Å². The molecule has 6 heteroatoms. The third kappa shape index (κ3) is 4.46. The lowest BCUT2D eigenvalue weighted by Crippen LogP contribution is -2.24. The lowest BCUT2D eigenvalue weighted by molar-refractivity contribution is 0.331. The summed E-state index contributed by atoms with van der Waals surface area (Å²) in [5, 5.41) is 0. The molecular weight excluding hydrogens is 314 g/mol. The van der Waals surface area contributed by atoms with Gasteiger partial charge < -0.3 is 9.47 Å². The molecule has 124 valence electrons. The Morgan fingerprint density at radius 3 is 2.39 bits per heavy atom. The first-order valence-corrected chi connectivity index (χ1v) is 8.80. The molecule has 0 aliphatic heterocycles. The molecule has 0 spiro atoms. The van der Waals surface area contributed by atoms with Gasteiger partial charge in [0.25, 0.3) is 0 Å². The van der Waals surface area contributed by atoms with Crippen molar-refractivity contribution in [2.24, 2.45) is 0 Å². The first kappa shape index (κ1) is 17.3. The summed E-state index contributed by atoms with van der Waals surface area (Å²) in [6.07, 6.45) is 0. The number of sulfonamides is 1. The number of methoxy groups -OCH3 is 1. The second-order valence-electron chi connectivity index (χ2n) is 5.06. The van der Waals surface area contributed by atoms with Crippen LogP contribution in [0.1, 0.15) is 18.1 Å². The van der Waals surface area contributed by atoms with Crippen molar-refractivity contribution in [1.29, 1.82) is 0 Å². The van der Waals surface area contributed by atoms with Crippen LogP contribution in [0.4, 0.5) is 0 Å². The van der Waals surface area contributed by atoms with Crippen LogP contribution >= 0.6 is 0 Å². The summed E-state index contributed by atoms with van der Waals surface area (Å²) in [6.45, 7) is 4.27. The normalized spacial score (nSPS) is 11.3. The van der Waals surface area contributed by atoms with E-state index in [1.807, 2.05) is 32.0 Å². The van der Waals surface area contributed by atoms with Gasteiger partial charge in [0.1, 0.15) is 16.4 Å². The van der Waals surface area contributed by atoms with Gasteiger partial charge in [-0.25, -0.2) is 13.1 Å². The Hall–Kier alpha value is -2.05. The number of aryl methyl sites for hydroxylation is 1. The Labute approximate surface area is 137 Å². The van der Waals surface area contributed by atoms with Crippen LogP contribution in [0.3, 0.4) is 0 Å². The van der Waals surface area contributed by atoms with Gasteiger partial charge in [-0.1, -0.05) is 18.2 Å². The van der Waals surface area contributed by atoms with Crippen molar-refractivity contribution in [3.05, 3.63) is 53.6 Å². The Balaban J connectivity index is 2.19. The summed E-state index contributed by atoms with van der Waals surface area (Å²) in [7, 11) is -2.07. The van der Waals surface area contributed by atoms with E-state index in [9.17, 15) is 8.42 Å². The fraction of sp³-hybridized carbons (Fsp3) is 0.294. The van der Waals surface area contributed by atoms with Gasteiger partial charge in [-0.05, 0) is 49.2 Å². The van der Waals surface area contributed by atoms with Crippen molar-refractivity contribution in [2.75, 3.05) is 13.7 Å². The molecule has 0 fully saturated rings. The van der Waals surface area contributed by atoms with E-state index in [1.54, 1.807) is 31.4 Å². The molecule has 0 unspecified atom stereocenters. The van der Waals surface area contributed by atoms with Gasteiger partial charge in [0.05, 0.1) is 13.7 Å². The van der Waals surface area contributed by atoms with Gasteiger partial charge in [-0.15, -0.1) is 0 Å². The Morgan fingerprint density at radius 1 is 1.09 bits per heavy atom. The number of hydrogen-bond donors (Lipinski definition) is 1. The zero-order chi connectivity index (χ0) is 16.9. The standard InChI is InChI=1S/C17H21NO4S/c1-4-22-16-10-5-13(2)11-17(16)23(19,20)18-12-14-6-8-15(21-3)9-7-14/h5-11,18H,4,12H2,1-3H3. The highest BCUT2D eigenvalue weighted by atomic mass is 32.2. The maximum Gasteiger partial charge on any atom is 0.244 e. The van der Waals surface area contributed by atoms with E-state index in [4.69, 9.17) is 9.47 Å². The van der Waals surface area contributed by atoms with E-state index in [-0.39, 0.29) is 11.4 Å². The van der Waals surface area contributed by atoms with Crippen molar-refractivity contribution in [2.45, 2.75) is 25.3 Å². The minimum absolute atomic E-state index is 0.160. The summed E-state index contributed by atoms with van der Waals surface area (Å²) in [4.78, 5) is 0.160. The minimum Gasteiger partial charge on any atom is -0.497 e. The van der Waals surface area contributed by atoms with Crippen LogP contribution in [0.5, 0.6) is 11.5 Å². The Bertz CT molecular complexity index is 755. The van der Waals surface area contributed by atoms with Crippen molar-refractivity contribution in [3.63, 3.8) is 0 Å². The van der Waals surface area contributed by atoms with Gasteiger partial charge in [-0.3, -0.25) is 0 Å². The summed E-state index contributed by atoms with van der Waals surface area (Å²) in [5.41, 5.74) is 1.71.